The lowest BCUT2D eigenvalue weighted by atomic mass is 9.98. The van der Waals surface area contributed by atoms with Crippen molar-refractivity contribution in [2.24, 2.45) is 5.92 Å². The van der Waals surface area contributed by atoms with Crippen molar-refractivity contribution in [3.63, 3.8) is 0 Å². The van der Waals surface area contributed by atoms with E-state index < -0.39 is 0 Å². The van der Waals surface area contributed by atoms with E-state index in [1.54, 1.807) is 0 Å². The quantitative estimate of drug-likeness (QED) is 0.717. The normalized spacial score (nSPS) is 19.6. The minimum Gasteiger partial charge on any atom is -0.489 e. The molecule has 0 bridgehead atoms. The summed E-state index contributed by atoms with van der Waals surface area (Å²) in [5, 5.41) is 0.718. The Balaban J connectivity index is 1.58. The number of likely N-dealkylation sites (tertiary alicyclic amines) is 1. The van der Waals surface area contributed by atoms with Crippen LogP contribution in [0.1, 0.15) is 36.6 Å². The highest BCUT2D eigenvalue weighted by Crippen LogP contribution is 2.20. The largest absolute Gasteiger partial charge is 0.489 e. The van der Waals surface area contributed by atoms with Crippen molar-refractivity contribution in [1.29, 1.82) is 0 Å². The van der Waals surface area contributed by atoms with E-state index in [9.17, 15) is 4.79 Å². The Morgan fingerprint density at radius 3 is 2.61 bits per heavy atom. The standard InChI is InChI=1S/C24H28N2O2/c1-17-10-12-26(13-11-17)15-22-18(2)25-23-9-8-20(14-21(23)24(22)27)28-16-19-6-4-3-5-7-19/h3-9,14,17H,10-13,15-16H2,1-2H3,(H,25,27)/p+1. The van der Waals surface area contributed by atoms with Gasteiger partial charge in [0, 0.05) is 16.6 Å². The Morgan fingerprint density at radius 1 is 1.11 bits per heavy atom. The Hall–Kier alpha value is -2.59. The number of rotatable bonds is 5. The van der Waals surface area contributed by atoms with Gasteiger partial charge in [0.1, 0.15) is 18.9 Å². The van der Waals surface area contributed by atoms with Gasteiger partial charge in [0.15, 0.2) is 5.43 Å². The van der Waals surface area contributed by atoms with Crippen LogP contribution in [0.2, 0.25) is 0 Å². The summed E-state index contributed by atoms with van der Waals surface area (Å²) in [5.41, 5.74) is 4.03. The molecular formula is C24H29N2O2+. The van der Waals surface area contributed by atoms with E-state index in [1.807, 2.05) is 55.5 Å². The number of fused-ring (bicyclic) bond motifs is 1. The maximum Gasteiger partial charge on any atom is 0.198 e. The lowest BCUT2D eigenvalue weighted by Gasteiger charge is -2.27. The molecule has 0 atom stereocenters. The molecular weight excluding hydrogens is 348 g/mol. The Kier molecular flexibility index (Phi) is 5.49. The van der Waals surface area contributed by atoms with Gasteiger partial charge in [-0.05, 0) is 49.4 Å². The maximum atomic E-state index is 13.2. The van der Waals surface area contributed by atoms with E-state index in [1.165, 1.54) is 17.7 Å². The second kappa shape index (κ2) is 8.19. The first-order valence-corrected chi connectivity index (χ1v) is 10.3. The van der Waals surface area contributed by atoms with Crippen molar-refractivity contribution >= 4 is 10.9 Å². The molecule has 0 saturated carbocycles. The number of hydrogen-bond acceptors (Lipinski definition) is 2. The third-order valence-electron chi connectivity index (χ3n) is 5.94. The van der Waals surface area contributed by atoms with Crippen LogP contribution in [0.4, 0.5) is 0 Å². The molecule has 2 heterocycles. The van der Waals surface area contributed by atoms with Gasteiger partial charge >= 0.3 is 0 Å². The van der Waals surface area contributed by atoms with Crippen molar-refractivity contribution in [1.82, 2.24) is 4.98 Å². The topological polar surface area (TPSA) is 46.5 Å². The summed E-state index contributed by atoms with van der Waals surface area (Å²) in [4.78, 5) is 18.2. The van der Waals surface area contributed by atoms with E-state index in [0.717, 1.165) is 59.0 Å². The fraction of sp³-hybridized carbons (Fsp3) is 0.375. The van der Waals surface area contributed by atoms with Crippen LogP contribution in [0.25, 0.3) is 10.9 Å². The summed E-state index contributed by atoms with van der Waals surface area (Å²) in [6, 6.07) is 15.8. The predicted molar refractivity (Wildman–Crippen MR) is 113 cm³/mol. The Bertz CT molecular complexity index is 1000. The zero-order valence-electron chi connectivity index (χ0n) is 16.8. The minimum atomic E-state index is 0.141. The number of ether oxygens (including phenoxy) is 1. The number of benzene rings is 2. The molecule has 0 unspecified atom stereocenters. The van der Waals surface area contributed by atoms with Crippen LogP contribution in [0.3, 0.4) is 0 Å². The highest BCUT2D eigenvalue weighted by atomic mass is 16.5. The number of piperidine rings is 1. The molecule has 1 saturated heterocycles. The first-order chi connectivity index (χ1) is 13.6. The summed E-state index contributed by atoms with van der Waals surface area (Å²) in [7, 11) is 0. The van der Waals surface area contributed by atoms with Crippen LogP contribution in [0, 0.1) is 12.8 Å². The van der Waals surface area contributed by atoms with Gasteiger partial charge in [0.25, 0.3) is 0 Å². The molecule has 0 radical (unpaired) electrons. The van der Waals surface area contributed by atoms with Crippen LogP contribution in [-0.4, -0.2) is 18.1 Å². The Morgan fingerprint density at radius 2 is 1.86 bits per heavy atom. The van der Waals surface area contributed by atoms with Gasteiger partial charge < -0.3 is 14.6 Å². The van der Waals surface area contributed by atoms with Crippen molar-refractivity contribution < 1.29 is 9.64 Å². The molecule has 4 heteroatoms. The summed E-state index contributed by atoms with van der Waals surface area (Å²) in [6.45, 7) is 7.94. The zero-order valence-corrected chi connectivity index (χ0v) is 16.8. The number of hydrogen-bond donors (Lipinski definition) is 2. The number of nitrogens with one attached hydrogen (secondary N) is 2. The van der Waals surface area contributed by atoms with Gasteiger partial charge in [0.2, 0.25) is 0 Å². The first kappa shape index (κ1) is 18.8. The number of quaternary nitrogens is 1. The molecule has 1 aromatic heterocycles. The van der Waals surface area contributed by atoms with Gasteiger partial charge in [0.05, 0.1) is 18.7 Å². The van der Waals surface area contributed by atoms with Crippen molar-refractivity contribution in [3.8, 4) is 5.75 Å². The van der Waals surface area contributed by atoms with Crippen LogP contribution in [-0.2, 0) is 13.2 Å². The number of aryl methyl sites for hydroxylation is 1. The van der Waals surface area contributed by atoms with E-state index in [-0.39, 0.29) is 5.43 Å². The average Bonchev–Trinajstić information content (AvgIpc) is 2.72. The molecule has 146 valence electrons. The molecule has 0 spiro atoms. The molecule has 2 N–H and O–H groups in total. The summed E-state index contributed by atoms with van der Waals surface area (Å²) < 4.78 is 5.93. The molecule has 1 fully saturated rings. The average molecular weight is 378 g/mol. The van der Waals surface area contributed by atoms with E-state index in [4.69, 9.17) is 4.74 Å². The lowest BCUT2D eigenvalue weighted by molar-refractivity contribution is -0.919. The number of aromatic amines is 1. The summed E-state index contributed by atoms with van der Waals surface area (Å²) in [5.74, 6) is 1.54. The van der Waals surface area contributed by atoms with Gasteiger partial charge in [-0.2, -0.15) is 0 Å². The zero-order chi connectivity index (χ0) is 19.5. The second-order valence-electron chi connectivity index (χ2n) is 8.15. The van der Waals surface area contributed by atoms with Gasteiger partial charge in [-0.3, -0.25) is 4.79 Å². The van der Waals surface area contributed by atoms with Gasteiger partial charge in [-0.25, -0.2) is 0 Å². The van der Waals surface area contributed by atoms with E-state index >= 15 is 0 Å². The maximum absolute atomic E-state index is 13.2. The number of H-pyrrole nitrogens is 1. The highest BCUT2D eigenvalue weighted by molar-refractivity contribution is 5.81. The van der Waals surface area contributed by atoms with Crippen molar-refractivity contribution in [3.05, 3.63) is 75.6 Å². The van der Waals surface area contributed by atoms with E-state index in [0.29, 0.717) is 6.61 Å². The molecule has 2 aromatic carbocycles. The molecule has 28 heavy (non-hydrogen) atoms. The minimum absolute atomic E-state index is 0.141. The summed E-state index contributed by atoms with van der Waals surface area (Å²) in [6.07, 6.45) is 2.49. The molecule has 1 aliphatic heterocycles. The predicted octanol–water partition coefficient (Wildman–Crippen LogP) is 3.23. The monoisotopic (exact) mass is 377 g/mol. The first-order valence-electron chi connectivity index (χ1n) is 10.3. The van der Waals surface area contributed by atoms with Crippen LogP contribution in [0.15, 0.2) is 53.3 Å². The molecule has 4 rings (SSSR count). The van der Waals surface area contributed by atoms with Crippen molar-refractivity contribution in [2.45, 2.75) is 39.8 Å². The van der Waals surface area contributed by atoms with E-state index in [2.05, 4.69) is 11.9 Å². The van der Waals surface area contributed by atoms with Gasteiger partial charge in [-0.15, -0.1) is 0 Å². The second-order valence-corrected chi connectivity index (χ2v) is 8.15. The third-order valence-corrected chi connectivity index (χ3v) is 5.94. The molecule has 0 aliphatic carbocycles. The fourth-order valence-corrected chi connectivity index (χ4v) is 4.07. The third kappa shape index (κ3) is 4.12. The van der Waals surface area contributed by atoms with Crippen LogP contribution in [0.5, 0.6) is 5.75 Å². The number of aromatic nitrogens is 1. The molecule has 3 aromatic rings. The fourth-order valence-electron chi connectivity index (χ4n) is 4.07. The Labute approximate surface area is 166 Å². The van der Waals surface area contributed by atoms with Crippen molar-refractivity contribution in [2.75, 3.05) is 13.1 Å². The lowest BCUT2D eigenvalue weighted by Crippen LogP contribution is -3.12. The summed E-state index contributed by atoms with van der Waals surface area (Å²) >= 11 is 0. The SMILES string of the molecule is Cc1[nH]c2ccc(OCc3ccccc3)cc2c(=O)c1C[NH+]1CCC(C)CC1. The smallest absolute Gasteiger partial charge is 0.198 e. The van der Waals surface area contributed by atoms with Crippen LogP contribution < -0.4 is 15.1 Å². The van der Waals surface area contributed by atoms with Gasteiger partial charge in [-0.1, -0.05) is 37.3 Å². The highest BCUT2D eigenvalue weighted by Gasteiger charge is 2.21. The number of pyridine rings is 1. The van der Waals surface area contributed by atoms with Crippen LogP contribution >= 0.6 is 0 Å². The molecule has 4 nitrogen and oxygen atoms in total. The molecule has 1 aliphatic rings. The molecule has 0 amide bonds.